The number of aromatic nitrogens is 2. The molecule has 0 saturated heterocycles. The van der Waals surface area contributed by atoms with E-state index in [4.69, 9.17) is 4.74 Å². The summed E-state index contributed by atoms with van der Waals surface area (Å²) in [5.74, 6) is 2.05. The number of ether oxygens (including phenoxy) is 1. The largest absolute Gasteiger partial charge is 0.497 e. The molecule has 0 bridgehead atoms. The van der Waals surface area contributed by atoms with Crippen LogP contribution in [0.1, 0.15) is 38.8 Å². The Morgan fingerprint density at radius 2 is 1.93 bits per heavy atom. The lowest BCUT2D eigenvalue weighted by Gasteiger charge is -2.18. The molecule has 0 saturated carbocycles. The Hall–Kier alpha value is -1.81. The number of aliphatic imine (C=N–C) groups is 1. The summed E-state index contributed by atoms with van der Waals surface area (Å²) in [6.07, 6.45) is 4.96. The summed E-state index contributed by atoms with van der Waals surface area (Å²) >= 11 is 0. The zero-order chi connectivity index (χ0) is 20.2. The topological polar surface area (TPSA) is 83.7 Å². The molecule has 1 unspecified atom stereocenters. The van der Waals surface area contributed by atoms with Crippen molar-refractivity contribution in [3.63, 3.8) is 0 Å². The third-order valence-electron chi connectivity index (χ3n) is 4.52. The Kier molecular flexibility index (Phi) is 12.4. The fraction of sp³-hybridized carbons (Fsp3) is 0.524. The summed E-state index contributed by atoms with van der Waals surface area (Å²) in [5.41, 5.74) is 1.88. The molecule has 0 spiro atoms. The highest BCUT2D eigenvalue weighted by molar-refractivity contribution is 14.0. The van der Waals surface area contributed by atoms with Crippen molar-refractivity contribution in [2.75, 3.05) is 26.8 Å². The number of aliphatic hydroxyl groups is 1. The summed E-state index contributed by atoms with van der Waals surface area (Å²) in [6, 6.07) is 9.75. The molecule has 0 aliphatic rings. The second-order valence-electron chi connectivity index (χ2n) is 6.69. The van der Waals surface area contributed by atoms with E-state index in [2.05, 4.69) is 27.6 Å². The van der Waals surface area contributed by atoms with Gasteiger partial charge >= 0.3 is 0 Å². The van der Waals surface area contributed by atoms with E-state index in [-0.39, 0.29) is 30.6 Å². The number of guanidine groups is 1. The first kappa shape index (κ1) is 25.2. The summed E-state index contributed by atoms with van der Waals surface area (Å²) in [5, 5.41) is 20.5. The van der Waals surface area contributed by atoms with Gasteiger partial charge in [-0.3, -0.25) is 0 Å². The number of halogens is 1. The minimum absolute atomic E-state index is 0. The van der Waals surface area contributed by atoms with E-state index in [1.807, 2.05) is 48.1 Å². The maximum absolute atomic E-state index is 9.22. The standard InChI is InChI=1S/C21H33N5O2.HI/c1-4-6-17(12-14-27)15-23-21(22-5-2)24-16-18-11-13-26(25-18)19-7-9-20(28-3)10-8-19;/h7-11,13,17,27H,4-6,12,14-16H2,1-3H3,(H2,22,23,24);1H. The Bertz CT molecular complexity index is 712. The van der Waals surface area contributed by atoms with Crippen LogP contribution >= 0.6 is 24.0 Å². The molecule has 1 aromatic heterocycles. The van der Waals surface area contributed by atoms with E-state index in [9.17, 15) is 5.11 Å². The first-order chi connectivity index (χ1) is 13.7. The minimum Gasteiger partial charge on any atom is -0.497 e. The van der Waals surface area contributed by atoms with E-state index in [0.29, 0.717) is 12.5 Å². The van der Waals surface area contributed by atoms with Gasteiger partial charge in [0.15, 0.2) is 5.96 Å². The smallest absolute Gasteiger partial charge is 0.191 e. The average Bonchev–Trinajstić information content (AvgIpc) is 3.19. The number of nitrogens with zero attached hydrogens (tertiary/aromatic N) is 3. The van der Waals surface area contributed by atoms with Gasteiger partial charge in [0.05, 0.1) is 25.0 Å². The highest BCUT2D eigenvalue weighted by Gasteiger charge is 2.08. The van der Waals surface area contributed by atoms with Crippen LogP contribution in [0.2, 0.25) is 0 Å². The van der Waals surface area contributed by atoms with Crippen LogP contribution in [0.25, 0.3) is 5.69 Å². The van der Waals surface area contributed by atoms with Crippen LogP contribution < -0.4 is 15.4 Å². The van der Waals surface area contributed by atoms with Gasteiger partial charge in [0.1, 0.15) is 5.75 Å². The van der Waals surface area contributed by atoms with Crippen LogP contribution in [0, 0.1) is 5.92 Å². The predicted octanol–water partition coefficient (Wildman–Crippen LogP) is 3.35. The van der Waals surface area contributed by atoms with Crippen molar-refractivity contribution in [1.82, 2.24) is 20.4 Å². The fourth-order valence-electron chi connectivity index (χ4n) is 3.01. The average molecular weight is 515 g/mol. The van der Waals surface area contributed by atoms with E-state index in [1.165, 1.54) is 0 Å². The maximum Gasteiger partial charge on any atom is 0.191 e. The van der Waals surface area contributed by atoms with Gasteiger partial charge in [0.2, 0.25) is 0 Å². The molecule has 3 N–H and O–H groups in total. The summed E-state index contributed by atoms with van der Waals surface area (Å²) in [6.45, 7) is 6.54. The van der Waals surface area contributed by atoms with Gasteiger partial charge < -0.3 is 20.5 Å². The van der Waals surface area contributed by atoms with Crippen LogP contribution in [0.5, 0.6) is 5.75 Å². The predicted molar refractivity (Wildman–Crippen MR) is 128 cm³/mol. The lowest BCUT2D eigenvalue weighted by atomic mass is 10.0. The molecule has 0 amide bonds. The molecule has 0 radical (unpaired) electrons. The van der Waals surface area contributed by atoms with Gasteiger partial charge in [-0.25, -0.2) is 9.67 Å². The van der Waals surface area contributed by atoms with Crippen molar-refractivity contribution in [3.8, 4) is 11.4 Å². The van der Waals surface area contributed by atoms with Crippen LogP contribution in [0.15, 0.2) is 41.5 Å². The van der Waals surface area contributed by atoms with E-state index < -0.39 is 0 Å². The Morgan fingerprint density at radius 1 is 1.17 bits per heavy atom. The van der Waals surface area contributed by atoms with Crippen LogP contribution in [0.3, 0.4) is 0 Å². The Labute approximate surface area is 191 Å². The molecule has 0 aliphatic heterocycles. The molecular weight excluding hydrogens is 481 g/mol. The van der Waals surface area contributed by atoms with Crippen molar-refractivity contribution >= 4 is 29.9 Å². The highest BCUT2D eigenvalue weighted by atomic mass is 127. The maximum atomic E-state index is 9.22. The van der Waals surface area contributed by atoms with Gasteiger partial charge in [0.25, 0.3) is 0 Å². The second kappa shape index (κ2) is 14.2. The molecule has 0 aliphatic carbocycles. The van der Waals surface area contributed by atoms with E-state index in [1.54, 1.807) is 7.11 Å². The number of benzene rings is 1. The van der Waals surface area contributed by atoms with Crippen LogP contribution in [-0.4, -0.2) is 47.7 Å². The number of methoxy groups -OCH3 is 1. The lowest BCUT2D eigenvalue weighted by molar-refractivity contribution is 0.251. The molecule has 1 heterocycles. The van der Waals surface area contributed by atoms with Gasteiger partial charge in [-0.2, -0.15) is 5.10 Å². The fourth-order valence-corrected chi connectivity index (χ4v) is 3.01. The van der Waals surface area contributed by atoms with Crippen LogP contribution in [-0.2, 0) is 6.54 Å². The Morgan fingerprint density at radius 3 is 2.55 bits per heavy atom. The van der Waals surface area contributed by atoms with Gasteiger partial charge in [-0.05, 0) is 56.0 Å². The molecule has 0 fully saturated rings. The monoisotopic (exact) mass is 515 g/mol. The SMILES string of the molecule is CCCC(CCO)CNC(=NCc1ccn(-c2ccc(OC)cc2)n1)NCC.I. The molecule has 8 heteroatoms. The van der Waals surface area contributed by atoms with E-state index >= 15 is 0 Å². The number of nitrogens with one attached hydrogen (secondary N) is 2. The molecular formula is C21H34IN5O2. The van der Waals surface area contributed by atoms with Crippen LogP contribution in [0.4, 0.5) is 0 Å². The number of hydrogen-bond donors (Lipinski definition) is 3. The minimum atomic E-state index is 0. The van der Waals surface area contributed by atoms with Crippen molar-refractivity contribution in [1.29, 1.82) is 0 Å². The number of aliphatic hydroxyl groups excluding tert-OH is 1. The first-order valence-corrected chi connectivity index (χ1v) is 10.0. The molecule has 2 rings (SSSR count). The zero-order valence-corrected chi connectivity index (χ0v) is 19.9. The summed E-state index contributed by atoms with van der Waals surface area (Å²) in [7, 11) is 1.66. The van der Waals surface area contributed by atoms with E-state index in [0.717, 1.165) is 55.4 Å². The molecule has 2 aromatic rings. The molecule has 1 atom stereocenters. The van der Waals surface area contributed by atoms with Gasteiger partial charge in [-0.15, -0.1) is 24.0 Å². The number of hydrogen-bond acceptors (Lipinski definition) is 4. The molecule has 7 nitrogen and oxygen atoms in total. The zero-order valence-electron chi connectivity index (χ0n) is 17.6. The number of rotatable bonds is 11. The Balaban J connectivity index is 0.00000420. The third kappa shape index (κ3) is 8.61. The molecule has 1 aromatic carbocycles. The van der Waals surface area contributed by atoms with Crippen molar-refractivity contribution < 1.29 is 9.84 Å². The van der Waals surface area contributed by atoms with Gasteiger partial charge in [-0.1, -0.05) is 13.3 Å². The van der Waals surface area contributed by atoms with Gasteiger partial charge in [0, 0.05) is 25.9 Å². The third-order valence-corrected chi connectivity index (χ3v) is 4.52. The second-order valence-corrected chi connectivity index (χ2v) is 6.69. The molecule has 162 valence electrons. The van der Waals surface area contributed by atoms with Crippen molar-refractivity contribution in [2.45, 2.75) is 39.7 Å². The molecule has 29 heavy (non-hydrogen) atoms. The quantitative estimate of drug-likeness (QED) is 0.243. The summed E-state index contributed by atoms with van der Waals surface area (Å²) in [4.78, 5) is 4.65. The van der Waals surface area contributed by atoms with Crippen molar-refractivity contribution in [3.05, 3.63) is 42.2 Å². The van der Waals surface area contributed by atoms with Crippen molar-refractivity contribution in [2.24, 2.45) is 10.9 Å². The lowest BCUT2D eigenvalue weighted by Crippen LogP contribution is -2.40. The first-order valence-electron chi connectivity index (χ1n) is 10.0. The highest BCUT2D eigenvalue weighted by Crippen LogP contribution is 2.14. The summed E-state index contributed by atoms with van der Waals surface area (Å²) < 4.78 is 7.03. The normalized spacial score (nSPS) is 12.2.